The molecule has 9 heteroatoms. The zero-order valence-electron chi connectivity index (χ0n) is 20.6. The molecule has 194 valence electrons. The highest BCUT2D eigenvalue weighted by Crippen LogP contribution is 2.35. The number of nitrogens with zero attached hydrogens (tertiary/aromatic N) is 2. The number of carbonyl (C=O) groups excluding carboxylic acids is 4. The van der Waals surface area contributed by atoms with Crippen molar-refractivity contribution in [2.45, 2.75) is 76.9 Å². The third kappa shape index (κ3) is 5.62. The molecule has 4 amide bonds. The maximum Gasteiger partial charge on any atom is 0.243 e. The monoisotopic (exact) mass is 533 g/mol. The topological polar surface area (TPSA) is 86.8 Å². The molecular formula is C27H33Cl2N3O4. The number of nitrogens with one attached hydrogen (secondary N) is 1. The van der Waals surface area contributed by atoms with Crippen molar-refractivity contribution < 1.29 is 19.2 Å². The molecule has 1 aromatic carbocycles. The van der Waals surface area contributed by atoms with Gasteiger partial charge in [0.15, 0.2) is 0 Å². The summed E-state index contributed by atoms with van der Waals surface area (Å²) < 4.78 is 0. The van der Waals surface area contributed by atoms with Gasteiger partial charge in [0, 0.05) is 41.2 Å². The predicted molar refractivity (Wildman–Crippen MR) is 138 cm³/mol. The van der Waals surface area contributed by atoms with E-state index in [0.717, 1.165) is 25.7 Å². The molecule has 2 fully saturated rings. The SMILES string of the molecule is CC[C@H](C(=O)NC1CCCC1)N(Cc1c(Cl)cccc1Cl)C(=O)CCN1C(=O)[C@H]2CC=CC[C@H]2C1=O. The molecule has 0 radical (unpaired) electrons. The highest BCUT2D eigenvalue weighted by molar-refractivity contribution is 6.36. The molecule has 1 heterocycles. The van der Waals surface area contributed by atoms with Crippen molar-refractivity contribution in [3.8, 4) is 0 Å². The highest BCUT2D eigenvalue weighted by atomic mass is 35.5. The second-order valence-electron chi connectivity index (χ2n) is 9.87. The van der Waals surface area contributed by atoms with Crippen LogP contribution in [0, 0.1) is 11.8 Å². The van der Waals surface area contributed by atoms with Gasteiger partial charge in [0.2, 0.25) is 23.6 Å². The Morgan fingerprint density at radius 1 is 1.06 bits per heavy atom. The smallest absolute Gasteiger partial charge is 0.243 e. The molecule has 0 aromatic heterocycles. The molecule has 1 aliphatic heterocycles. The molecule has 1 saturated carbocycles. The maximum atomic E-state index is 13.6. The Morgan fingerprint density at radius 2 is 1.64 bits per heavy atom. The van der Waals surface area contributed by atoms with Crippen molar-refractivity contribution in [1.29, 1.82) is 0 Å². The lowest BCUT2D eigenvalue weighted by molar-refractivity contribution is -0.144. The molecule has 36 heavy (non-hydrogen) atoms. The maximum absolute atomic E-state index is 13.6. The summed E-state index contributed by atoms with van der Waals surface area (Å²) in [5, 5.41) is 3.92. The van der Waals surface area contributed by atoms with E-state index < -0.39 is 6.04 Å². The molecule has 4 rings (SSSR count). The lowest BCUT2D eigenvalue weighted by Crippen LogP contribution is -2.51. The fourth-order valence-corrected chi connectivity index (χ4v) is 6.10. The largest absolute Gasteiger partial charge is 0.352 e. The van der Waals surface area contributed by atoms with Crippen LogP contribution in [-0.2, 0) is 25.7 Å². The molecular weight excluding hydrogens is 501 g/mol. The summed E-state index contributed by atoms with van der Waals surface area (Å²) in [4.78, 5) is 55.3. The van der Waals surface area contributed by atoms with Gasteiger partial charge in [0.05, 0.1) is 11.8 Å². The molecule has 0 unspecified atom stereocenters. The number of hydrogen-bond acceptors (Lipinski definition) is 4. The molecule has 3 atom stereocenters. The number of likely N-dealkylation sites (tertiary alicyclic amines) is 1. The van der Waals surface area contributed by atoms with E-state index in [9.17, 15) is 19.2 Å². The fourth-order valence-electron chi connectivity index (χ4n) is 5.58. The van der Waals surface area contributed by atoms with Crippen molar-refractivity contribution in [2.75, 3.05) is 6.54 Å². The molecule has 0 spiro atoms. The number of allylic oxidation sites excluding steroid dienone is 2. The van der Waals surface area contributed by atoms with Crippen LogP contribution in [-0.4, -0.2) is 52.1 Å². The van der Waals surface area contributed by atoms with Crippen LogP contribution in [0.15, 0.2) is 30.4 Å². The van der Waals surface area contributed by atoms with E-state index in [4.69, 9.17) is 23.2 Å². The quantitative estimate of drug-likeness (QED) is 0.374. The third-order valence-electron chi connectivity index (χ3n) is 7.63. The summed E-state index contributed by atoms with van der Waals surface area (Å²) in [6, 6.07) is 4.51. The Hall–Kier alpha value is -2.38. The molecule has 7 nitrogen and oxygen atoms in total. The molecule has 1 N–H and O–H groups in total. The van der Waals surface area contributed by atoms with Gasteiger partial charge < -0.3 is 10.2 Å². The van der Waals surface area contributed by atoms with Gasteiger partial charge in [-0.15, -0.1) is 0 Å². The van der Waals surface area contributed by atoms with E-state index in [1.165, 1.54) is 9.80 Å². The van der Waals surface area contributed by atoms with Crippen molar-refractivity contribution >= 4 is 46.8 Å². The number of hydrogen-bond donors (Lipinski definition) is 1. The normalized spacial score (nSPS) is 22.6. The van der Waals surface area contributed by atoms with Crippen LogP contribution in [0.5, 0.6) is 0 Å². The van der Waals surface area contributed by atoms with Gasteiger partial charge in [0.1, 0.15) is 6.04 Å². The third-order valence-corrected chi connectivity index (χ3v) is 8.33. The summed E-state index contributed by atoms with van der Waals surface area (Å²) in [5.41, 5.74) is 0.562. The van der Waals surface area contributed by atoms with E-state index in [-0.39, 0.29) is 61.0 Å². The minimum Gasteiger partial charge on any atom is -0.352 e. The van der Waals surface area contributed by atoms with Gasteiger partial charge in [0.25, 0.3) is 0 Å². The van der Waals surface area contributed by atoms with E-state index in [2.05, 4.69) is 5.32 Å². The first kappa shape index (κ1) is 26.7. The van der Waals surface area contributed by atoms with Crippen LogP contribution in [0.1, 0.15) is 63.9 Å². The molecule has 3 aliphatic rings. The Kier molecular flexibility index (Phi) is 8.73. The second kappa shape index (κ2) is 11.8. The number of benzene rings is 1. The summed E-state index contributed by atoms with van der Waals surface area (Å²) in [6.45, 7) is 1.92. The van der Waals surface area contributed by atoms with Crippen molar-refractivity contribution in [3.63, 3.8) is 0 Å². The van der Waals surface area contributed by atoms with E-state index in [1.54, 1.807) is 18.2 Å². The van der Waals surface area contributed by atoms with Crippen molar-refractivity contribution in [1.82, 2.24) is 15.1 Å². The predicted octanol–water partition coefficient (Wildman–Crippen LogP) is 4.50. The second-order valence-corrected chi connectivity index (χ2v) is 10.7. The fraction of sp³-hybridized carbons (Fsp3) is 0.556. The number of rotatable bonds is 9. The number of halogens is 2. The first-order valence-electron chi connectivity index (χ1n) is 12.8. The van der Waals surface area contributed by atoms with Crippen molar-refractivity contribution in [3.05, 3.63) is 46.0 Å². The van der Waals surface area contributed by atoms with Crippen LogP contribution >= 0.6 is 23.2 Å². The zero-order chi connectivity index (χ0) is 25.8. The zero-order valence-corrected chi connectivity index (χ0v) is 22.1. The Labute approximate surface area is 222 Å². The van der Waals surface area contributed by atoms with Gasteiger partial charge in [-0.25, -0.2) is 0 Å². The number of imide groups is 1. The summed E-state index contributed by atoms with van der Waals surface area (Å²) in [7, 11) is 0. The van der Waals surface area contributed by atoms with E-state index in [1.807, 2.05) is 19.1 Å². The number of amides is 4. The van der Waals surface area contributed by atoms with E-state index >= 15 is 0 Å². The molecule has 1 saturated heterocycles. The number of fused-ring (bicyclic) bond motifs is 1. The van der Waals surface area contributed by atoms with E-state index in [0.29, 0.717) is 34.9 Å². The minimum absolute atomic E-state index is 0.00304. The van der Waals surface area contributed by atoms with Gasteiger partial charge in [-0.1, -0.05) is 61.2 Å². The minimum atomic E-state index is -0.720. The molecule has 0 bridgehead atoms. The first-order chi connectivity index (χ1) is 17.3. The standard InChI is InChI=1S/C27H33Cl2N3O4/c1-2-23(25(34)30-17-8-3-4-9-17)32(16-20-21(28)12-7-13-22(20)29)24(33)14-15-31-26(35)18-10-5-6-11-19(18)27(31)36/h5-7,12-13,17-19,23H,2-4,8-11,14-16H2,1H3,(H,30,34)/t18-,19+,23-/m1/s1. The van der Waals surface area contributed by atoms with Gasteiger partial charge in [-0.05, 0) is 44.2 Å². The lowest BCUT2D eigenvalue weighted by Gasteiger charge is -2.32. The Bertz CT molecular complexity index is 1010. The summed E-state index contributed by atoms with van der Waals surface area (Å²) in [6.07, 6.45) is 9.33. The van der Waals surface area contributed by atoms with Gasteiger partial charge in [-0.3, -0.25) is 24.1 Å². The van der Waals surface area contributed by atoms with Crippen LogP contribution in [0.3, 0.4) is 0 Å². The Morgan fingerprint density at radius 3 is 2.19 bits per heavy atom. The summed E-state index contributed by atoms with van der Waals surface area (Å²) >= 11 is 12.8. The van der Waals surface area contributed by atoms with Gasteiger partial charge in [-0.2, -0.15) is 0 Å². The summed E-state index contributed by atoms with van der Waals surface area (Å²) in [5.74, 6) is -1.63. The average molecular weight is 534 g/mol. The first-order valence-corrected chi connectivity index (χ1v) is 13.6. The Balaban J connectivity index is 1.52. The van der Waals surface area contributed by atoms with Crippen LogP contribution in [0.4, 0.5) is 0 Å². The van der Waals surface area contributed by atoms with Crippen LogP contribution in [0.2, 0.25) is 10.0 Å². The lowest BCUT2D eigenvalue weighted by atomic mass is 9.85. The molecule has 2 aliphatic carbocycles. The van der Waals surface area contributed by atoms with Crippen LogP contribution in [0.25, 0.3) is 0 Å². The number of carbonyl (C=O) groups is 4. The van der Waals surface area contributed by atoms with Crippen LogP contribution < -0.4 is 5.32 Å². The highest BCUT2D eigenvalue weighted by Gasteiger charge is 2.47. The van der Waals surface area contributed by atoms with Gasteiger partial charge >= 0.3 is 0 Å². The van der Waals surface area contributed by atoms with Crippen molar-refractivity contribution in [2.24, 2.45) is 11.8 Å². The average Bonchev–Trinajstić information content (AvgIpc) is 3.46. The molecule has 1 aromatic rings.